The van der Waals surface area contributed by atoms with Gasteiger partial charge in [-0.2, -0.15) is 10.4 Å². The Labute approximate surface area is 178 Å². The third kappa shape index (κ3) is 5.16. The van der Waals surface area contributed by atoms with Crippen LogP contribution in [0.25, 0.3) is 11.6 Å². The number of ether oxygens (including phenoxy) is 1. The van der Waals surface area contributed by atoms with Gasteiger partial charge in [-0.05, 0) is 54.1 Å². The maximum absolute atomic E-state index is 12.5. The molecule has 4 rings (SSSR count). The average Bonchev–Trinajstić information content (AvgIpc) is 3.50. The SMILES string of the molecule is N#Cc1ccc(OCc2cccc(C(=O)NCCc3nc(-c4ccco4)n[nH]3)c2)cc1. The monoisotopic (exact) mass is 413 g/mol. The van der Waals surface area contributed by atoms with Crippen LogP contribution in [0.1, 0.15) is 27.3 Å². The van der Waals surface area contributed by atoms with E-state index in [1.165, 1.54) is 0 Å². The first-order valence-corrected chi connectivity index (χ1v) is 9.66. The van der Waals surface area contributed by atoms with E-state index in [1.54, 1.807) is 54.8 Å². The summed E-state index contributed by atoms with van der Waals surface area (Å²) in [6, 6.07) is 19.8. The van der Waals surface area contributed by atoms with Crippen LogP contribution in [0, 0.1) is 11.3 Å². The van der Waals surface area contributed by atoms with Crippen molar-refractivity contribution < 1.29 is 13.9 Å². The molecule has 0 aliphatic heterocycles. The minimum atomic E-state index is -0.175. The van der Waals surface area contributed by atoms with Crippen molar-refractivity contribution in [1.29, 1.82) is 5.26 Å². The van der Waals surface area contributed by atoms with Crippen LogP contribution in [0.3, 0.4) is 0 Å². The molecule has 8 heteroatoms. The second-order valence-corrected chi connectivity index (χ2v) is 6.71. The Morgan fingerprint density at radius 1 is 1.16 bits per heavy atom. The molecule has 154 valence electrons. The van der Waals surface area contributed by atoms with Crippen molar-refractivity contribution in [3.05, 3.63) is 89.4 Å². The van der Waals surface area contributed by atoms with E-state index in [2.05, 4.69) is 26.6 Å². The predicted molar refractivity (Wildman–Crippen MR) is 112 cm³/mol. The Morgan fingerprint density at radius 3 is 2.81 bits per heavy atom. The number of rotatable bonds is 8. The number of carbonyl (C=O) groups excluding carboxylic acids is 1. The molecular formula is C23H19N5O3. The molecule has 8 nitrogen and oxygen atoms in total. The molecule has 0 aliphatic carbocycles. The maximum Gasteiger partial charge on any atom is 0.251 e. The average molecular weight is 413 g/mol. The van der Waals surface area contributed by atoms with E-state index >= 15 is 0 Å². The summed E-state index contributed by atoms with van der Waals surface area (Å²) < 4.78 is 11.0. The third-order valence-electron chi connectivity index (χ3n) is 4.50. The molecule has 0 saturated heterocycles. The normalized spacial score (nSPS) is 10.4. The molecule has 0 atom stereocenters. The lowest BCUT2D eigenvalue weighted by Crippen LogP contribution is -2.26. The van der Waals surface area contributed by atoms with Crippen LogP contribution in [-0.2, 0) is 13.0 Å². The highest BCUT2D eigenvalue weighted by Gasteiger charge is 2.10. The Morgan fingerprint density at radius 2 is 2.03 bits per heavy atom. The van der Waals surface area contributed by atoms with Gasteiger partial charge in [0.15, 0.2) is 5.76 Å². The molecule has 31 heavy (non-hydrogen) atoms. The zero-order valence-electron chi connectivity index (χ0n) is 16.5. The van der Waals surface area contributed by atoms with Gasteiger partial charge in [-0.25, -0.2) is 4.98 Å². The first-order valence-electron chi connectivity index (χ1n) is 9.66. The Hall–Kier alpha value is -4.38. The van der Waals surface area contributed by atoms with E-state index in [0.29, 0.717) is 53.9 Å². The molecule has 1 amide bonds. The van der Waals surface area contributed by atoms with E-state index in [0.717, 1.165) is 5.56 Å². The van der Waals surface area contributed by atoms with E-state index < -0.39 is 0 Å². The van der Waals surface area contributed by atoms with Gasteiger partial charge in [0.25, 0.3) is 5.91 Å². The van der Waals surface area contributed by atoms with Crippen molar-refractivity contribution in [1.82, 2.24) is 20.5 Å². The lowest BCUT2D eigenvalue weighted by molar-refractivity contribution is 0.0954. The van der Waals surface area contributed by atoms with Gasteiger partial charge in [-0.3, -0.25) is 9.89 Å². The largest absolute Gasteiger partial charge is 0.489 e. The van der Waals surface area contributed by atoms with E-state index in [9.17, 15) is 4.79 Å². The number of nitrogens with zero attached hydrogens (tertiary/aromatic N) is 3. The van der Waals surface area contributed by atoms with Crippen molar-refractivity contribution in [3.63, 3.8) is 0 Å². The molecule has 0 bridgehead atoms. The van der Waals surface area contributed by atoms with Crippen LogP contribution in [-0.4, -0.2) is 27.6 Å². The van der Waals surface area contributed by atoms with Gasteiger partial charge >= 0.3 is 0 Å². The van der Waals surface area contributed by atoms with E-state index in [4.69, 9.17) is 14.4 Å². The predicted octanol–water partition coefficient (Wildman–Crippen LogP) is 3.49. The molecule has 2 heterocycles. The summed E-state index contributed by atoms with van der Waals surface area (Å²) in [6.45, 7) is 0.734. The lowest BCUT2D eigenvalue weighted by atomic mass is 10.1. The molecule has 4 aromatic rings. The number of aromatic nitrogens is 3. The smallest absolute Gasteiger partial charge is 0.251 e. The number of benzene rings is 2. The Bertz CT molecular complexity index is 1190. The van der Waals surface area contributed by atoms with Crippen molar-refractivity contribution in [2.75, 3.05) is 6.54 Å². The number of amides is 1. The van der Waals surface area contributed by atoms with Crippen LogP contribution < -0.4 is 10.1 Å². The molecule has 2 aromatic heterocycles. The first kappa shape index (κ1) is 19.9. The van der Waals surface area contributed by atoms with Crippen LogP contribution in [0.4, 0.5) is 0 Å². The van der Waals surface area contributed by atoms with Crippen molar-refractivity contribution >= 4 is 5.91 Å². The molecule has 2 N–H and O–H groups in total. The first-order chi connectivity index (χ1) is 15.2. The Balaban J connectivity index is 1.28. The number of carbonyl (C=O) groups is 1. The summed E-state index contributed by atoms with van der Waals surface area (Å²) in [5, 5.41) is 18.7. The molecule has 0 aliphatic rings. The summed E-state index contributed by atoms with van der Waals surface area (Å²) in [5.74, 6) is 2.23. The summed E-state index contributed by atoms with van der Waals surface area (Å²) in [7, 11) is 0. The molecule has 0 radical (unpaired) electrons. The summed E-state index contributed by atoms with van der Waals surface area (Å²) in [5.41, 5.74) is 2.00. The van der Waals surface area contributed by atoms with Gasteiger partial charge in [-0.1, -0.05) is 12.1 Å². The van der Waals surface area contributed by atoms with Gasteiger partial charge in [0.1, 0.15) is 18.2 Å². The number of nitriles is 1. The molecule has 0 saturated carbocycles. The molecule has 0 unspecified atom stereocenters. The molecule has 0 fully saturated rings. The fourth-order valence-electron chi connectivity index (χ4n) is 2.91. The molecular weight excluding hydrogens is 394 g/mol. The number of furan rings is 1. The number of nitrogens with one attached hydrogen (secondary N) is 2. The summed E-state index contributed by atoms with van der Waals surface area (Å²) >= 11 is 0. The third-order valence-corrected chi connectivity index (χ3v) is 4.50. The zero-order chi connectivity index (χ0) is 21.5. The van der Waals surface area contributed by atoms with Gasteiger partial charge in [0.2, 0.25) is 5.82 Å². The van der Waals surface area contributed by atoms with Gasteiger partial charge in [-0.15, -0.1) is 0 Å². The second-order valence-electron chi connectivity index (χ2n) is 6.71. The van der Waals surface area contributed by atoms with Crippen LogP contribution >= 0.6 is 0 Å². The van der Waals surface area contributed by atoms with Crippen molar-refractivity contribution in [2.45, 2.75) is 13.0 Å². The highest BCUT2D eigenvalue weighted by molar-refractivity contribution is 5.94. The van der Waals surface area contributed by atoms with Gasteiger partial charge in [0.05, 0.1) is 17.9 Å². The van der Waals surface area contributed by atoms with Crippen molar-refractivity contribution in [3.8, 4) is 23.4 Å². The standard InChI is InChI=1S/C23H19N5O3/c24-14-16-6-8-19(9-7-16)31-15-17-3-1-4-18(13-17)23(29)25-11-10-21-26-22(28-27-21)20-5-2-12-30-20/h1-9,12-13H,10-11,15H2,(H,25,29)(H,26,27,28). The van der Waals surface area contributed by atoms with Crippen LogP contribution in [0.2, 0.25) is 0 Å². The Kier molecular flexibility index (Phi) is 6.05. The summed E-state index contributed by atoms with van der Waals surface area (Å²) in [4.78, 5) is 16.8. The number of H-pyrrole nitrogens is 1. The molecule has 0 spiro atoms. The maximum atomic E-state index is 12.5. The number of hydrogen-bond donors (Lipinski definition) is 2. The fourth-order valence-corrected chi connectivity index (χ4v) is 2.91. The number of hydrogen-bond acceptors (Lipinski definition) is 6. The van der Waals surface area contributed by atoms with Crippen molar-refractivity contribution in [2.24, 2.45) is 0 Å². The summed E-state index contributed by atoms with van der Waals surface area (Å²) in [6.07, 6.45) is 2.08. The van der Waals surface area contributed by atoms with Crippen LogP contribution in [0.5, 0.6) is 5.75 Å². The van der Waals surface area contributed by atoms with Gasteiger partial charge in [0, 0.05) is 18.5 Å². The van der Waals surface area contributed by atoms with E-state index in [1.807, 2.05) is 12.1 Å². The molecule has 2 aromatic carbocycles. The minimum absolute atomic E-state index is 0.175. The highest BCUT2D eigenvalue weighted by Crippen LogP contribution is 2.15. The topological polar surface area (TPSA) is 117 Å². The van der Waals surface area contributed by atoms with E-state index in [-0.39, 0.29) is 5.91 Å². The lowest BCUT2D eigenvalue weighted by Gasteiger charge is -2.08. The minimum Gasteiger partial charge on any atom is -0.489 e. The van der Waals surface area contributed by atoms with Gasteiger partial charge < -0.3 is 14.5 Å². The van der Waals surface area contributed by atoms with Crippen LogP contribution in [0.15, 0.2) is 71.3 Å². The second kappa shape index (κ2) is 9.41. The fraction of sp³-hybridized carbons (Fsp3) is 0.130. The zero-order valence-corrected chi connectivity index (χ0v) is 16.5. The number of aromatic amines is 1. The quantitative estimate of drug-likeness (QED) is 0.457. The highest BCUT2D eigenvalue weighted by atomic mass is 16.5.